The molecule has 0 aliphatic carbocycles. The lowest BCUT2D eigenvalue weighted by molar-refractivity contribution is -0.141. The van der Waals surface area contributed by atoms with Crippen LogP contribution in [-0.2, 0) is 13.2 Å². The Morgan fingerprint density at radius 2 is 1.89 bits per heavy atom. The maximum atomic E-state index is 13.1. The molecular formula is C18H17F3N4OS. The van der Waals surface area contributed by atoms with Crippen molar-refractivity contribution in [2.24, 2.45) is 7.05 Å². The summed E-state index contributed by atoms with van der Waals surface area (Å²) in [5, 5.41) is 6.09. The minimum atomic E-state index is -4.71. The Labute approximate surface area is 157 Å². The molecule has 0 fully saturated rings. The number of aromatic nitrogens is 3. The first-order chi connectivity index (χ1) is 12.7. The van der Waals surface area contributed by atoms with Crippen molar-refractivity contribution in [2.75, 3.05) is 5.32 Å². The van der Waals surface area contributed by atoms with Crippen LogP contribution in [0.3, 0.4) is 0 Å². The highest BCUT2D eigenvalue weighted by Gasteiger charge is 2.39. The first-order valence-corrected chi connectivity index (χ1v) is 8.96. The highest BCUT2D eigenvalue weighted by atomic mass is 32.1. The van der Waals surface area contributed by atoms with E-state index in [1.165, 1.54) is 18.4 Å². The van der Waals surface area contributed by atoms with E-state index in [2.05, 4.69) is 15.4 Å². The Morgan fingerprint density at radius 3 is 2.48 bits per heavy atom. The standard InChI is InChI=1S/C18H17F3N4OS/c1-10(2)14-13(11-7-5-4-6-8-11)22-17(27-14)23-16(26)12-9-25(3)24-15(12)18(19,20)21/h4-10H,1-3H3,(H,22,23,26). The van der Waals surface area contributed by atoms with Gasteiger partial charge in [-0.25, -0.2) is 4.98 Å². The normalized spacial score (nSPS) is 11.8. The van der Waals surface area contributed by atoms with Gasteiger partial charge in [0.15, 0.2) is 10.8 Å². The van der Waals surface area contributed by atoms with Gasteiger partial charge < -0.3 is 0 Å². The number of alkyl halides is 3. The number of thiazole rings is 1. The van der Waals surface area contributed by atoms with Crippen LogP contribution in [0.5, 0.6) is 0 Å². The molecule has 1 aromatic carbocycles. The third-order valence-corrected chi connectivity index (χ3v) is 5.06. The molecule has 0 radical (unpaired) electrons. The third kappa shape index (κ3) is 4.02. The van der Waals surface area contributed by atoms with Crippen molar-refractivity contribution in [1.82, 2.24) is 14.8 Å². The van der Waals surface area contributed by atoms with Crippen LogP contribution in [0.15, 0.2) is 36.5 Å². The highest BCUT2D eigenvalue weighted by molar-refractivity contribution is 7.16. The van der Waals surface area contributed by atoms with Gasteiger partial charge in [0.1, 0.15) is 0 Å². The average molecular weight is 394 g/mol. The van der Waals surface area contributed by atoms with E-state index in [0.29, 0.717) is 5.69 Å². The minimum Gasteiger partial charge on any atom is -0.298 e. The molecule has 0 bridgehead atoms. The molecule has 0 saturated carbocycles. The van der Waals surface area contributed by atoms with Crippen molar-refractivity contribution in [2.45, 2.75) is 25.9 Å². The van der Waals surface area contributed by atoms with Crippen molar-refractivity contribution in [3.8, 4) is 11.3 Å². The Balaban J connectivity index is 1.94. The molecule has 0 atom stereocenters. The van der Waals surface area contributed by atoms with E-state index in [4.69, 9.17) is 0 Å². The molecule has 1 N–H and O–H groups in total. The predicted molar refractivity (Wildman–Crippen MR) is 97.8 cm³/mol. The van der Waals surface area contributed by atoms with Gasteiger partial charge in [0, 0.05) is 23.7 Å². The number of amides is 1. The number of halogens is 3. The van der Waals surface area contributed by atoms with Crippen molar-refractivity contribution in [3.05, 3.63) is 52.7 Å². The van der Waals surface area contributed by atoms with Gasteiger partial charge in [-0.05, 0) is 5.92 Å². The molecule has 5 nitrogen and oxygen atoms in total. The topological polar surface area (TPSA) is 59.8 Å². The summed E-state index contributed by atoms with van der Waals surface area (Å²) in [5.74, 6) is -0.744. The second kappa shape index (κ2) is 7.15. The van der Waals surface area contributed by atoms with Crippen LogP contribution in [0.1, 0.15) is 40.7 Å². The monoisotopic (exact) mass is 394 g/mol. The van der Waals surface area contributed by atoms with Gasteiger partial charge in [0.05, 0.1) is 11.3 Å². The number of nitrogens with zero attached hydrogens (tertiary/aromatic N) is 3. The number of nitrogens with one attached hydrogen (secondary N) is 1. The number of hydrogen-bond donors (Lipinski definition) is 1. The first-order valence-electron chi connectivity index (χ1n) is 8.15. The summed E-state index contributed by atoms with van der Waals surface area (Å²) in [7, 11) is 1.33. The smallest absolute Gasteiger partial charge is 0.298 e. The molecule has 1 amide bonds. The molecule has 0 spiro atoms. The third-order valence-electron chi connectivity index (χ3n) is 3.79. The zero-order chi connectivity index (χ0) is 19.8. The number of aryl methyl sites for hydroxylation is 1. The summed E-state index contributed by atoms with van der Waals surface area (Å²) in [5.41, 5.74) is -0.151. The highest BCUT2D eigenvalue weighted by Crippen LogP contribution is 2.37. The number of carbonyl (C=O) groups excluding carboxylic acids is 1. The van der Waals surface area contributed by atoms with Crippen molar-refractivity contribution in [1.29, 1.82) is 0 Å². The van der Waals surface area contributed by atoms with Crippen LogP contribution < -0.4 is 5.32 Å². The fraction of sp³-hybridized carbons (Fsp3) is 0.278. The van der Waals surface area contributed by atoms with Crippen molar-refractivity contribution < 1.29 is 18.0 Å². The molecule has 0 aliphatic rings. The molecule has 2 aromatic heterocycles. The number of rotatable bonds is 4. The lowest BCUT2D eigenvalue weighted by atomic mass is 10.1. The van der Waals surface area contributed by atoms with Crippen LogP contribution in [0.2, 0.25) is 0 Å². The Hall–Kier alpha value is -2.68. The summed E-state index contributed by atoms with van der Waals surface area (Å²) in [6.07, 6.45) is -3.66. The Morgan fingerprint density at radius 1 is 1.22 bits per heavy atom. The fourth-order valence-corrected chi connectivity index (χ4v) is 3.59. The van der Waals surface area contributed by atoms with E-state index in [1.54, 1.807) is 0 Å². The van der Waals surface area contributed by atoms with Crippen molar-refractivity contribution in [3.63, 3.8) is 0 Å². The molecule has 0 saturated heterocycles. The minimum absolute atomic E-state index is 0.146. The van der Waals surface area contributed by atoms with Crippen LogP contribution in [-0.4, -0.2) is 20.7 Å². The van der Waals surface area contributed by atoms with E-state index in [1.807, 2.05) is 44.2 Å². The molecule has 3 aromatic rings. The Kier molecular flexibility index (Phi) is 5.05. The molecular weight excluding hydrogens is 377 g/mol. The van der Waals surface area contributed by atoms with Crippen LogP contribution in [0.25, 0.3) is 11.3 Å². The summed E-state index contributed by atoms with van der Waals surface area (Å²) in [6.45, 7) is 3.99. The molecule has 2 heterocycles. The molecule has 9 heteroatoms. The molecule has 0 aliphatic heterocycles. The Bertz CT molecular complexity index is 961. The zero-order valence-electron chi connectivity index (χ0n) is 14.8. The van der Waals surface area contributed by atoms with Gasteiger partial charge in [0.25, 0.3) is 5.91 Å². The lowest BCUT2D eigenvalue weighted by Gasteiger charge is -2.05. The molecule has 142 valence electrons. The predicted octanol–water partition coefficient (Wildman–Crippen LogP) is 4.94. The van der Waals surface area contributed by atoms with Crippen molar-refractivity contribution >= 4 is 22.4 Å². The lowest BCUT2D eigenvalue weighted by Crippen LogP contribution is -2.17. The van der Waals surface area contributed by atoms with Crippen LogP contribution in [0.4, 0.5) is 18.3 Å². The van der Waals surface area contributed by atoms with Gasteiger partial charge in [-0.15, -0.1) is 11.3 Å². The van der Waals surface area contributed by atoms with Crippen LogP contribution in [0, 0.1) is 0 Å². The van der Waals surface area contributed by atoms with E-state index < -0.39 is 23.3 Å². The molecule has 3 rings (SSSR count). The maximum absolute atomic E-state index is 13.1. The largest absolute Gasteiger partial charge is 0.435 e. The van der Waals surface area contributed by atoms with E-state index in [0.717, 1.165) is 21.3 Å². The van der Waals surface area contributed by atoms with Gasteiger partial charge in [-0.2, -0.15) is 18.3 Å². The number of hydrogen-bond acceptors (Lipinski definition) is 4. The molecule has 27 heavy (non-hydrogen) atoms. The summed E-state index contributed by atoms with van der Waals surface area (Å²) in [6, 6.07) is 9.43. The summed E-state index contributed by atoms with van der Waals surface area (Å²) >= 11 is 1.25. The summed E-state index contributed by atoms with van der Waals surface area (Å²) < 4.78 is 40.2. The first kappa shape index (κ1) is 19.1. The van der Waals surface area contributed by atoms with Crippen LogP contribution >= 0.6 is 11.3 Å². The quantitative estimate of drug-likeness (QED) is 0.682. The number of anilines is 1. The average Bonchev–Trinajstić information content (AvgIpc) is 3.19. The SMILES string of the molecule is CC(C)c1sc(NC(=O)c2cn(C)nc2C(F)(F)F)nc1-c1ccccc1. The van der Waals surface area contributed by atoms with Gasteiger partial charge in [-0.1, -0.05) is 44.2 Å². The molecule has 0 unspecified atom stereocenters. The van der Waals surface area contributed by atoms with E-state index in [-0.39, 0.29) is 11.0 Å². The second-order valence-corrected chi connectivity index (χ2v) is 7.30. The second-order valence-electron chi connectivity index (χ2n) is 6.27. The van der Waals surface area contributed by atoms with Gasteiger partial charge in [0.2, 0.25) is 0 Å². The van der Waals surface area contributed by atoms with E-state index in [9.17, 15) is 18.0 Å². The zero-order valence-corrected chi connectivity index (χ0v) is 15.6. The van der Waals surface area contributed by atoms with Gasteiger partial charge >= 0.3 is 6.18 Å². The van der Waals surface area contributed by atoms with Gasteiger partial charge in [-0.3, -0.25) is 14.8 Å². The number of carbonyl (C=O) groups is 1. The maximum Gasteiger partial charge on any atom is 0.435 e. The van der Waals surface area contributed by atoms with E-state index >= 15 is 0 Å². The summed E-state index contributed by atoms with van der Waals surface area (Å²) in [4.78, 5) is 17.8. The number of benzene rings is 1. The fourth-order valence-electron chi connectivity index (χ4n) is 2.61.